The van der Waals surface area contributed by atoms with E-state index < -0.39 is 0 Å². The van der Waals surface area contributed by atoms with Crippen molar-refractivity contribution in [2.24, 2.45) is 0 Å². The lowest BCUT2D eigenvalue weighted by Gasteiger charge is -2.12. The number of hydrogen-bond acceptors (Lipinski definition) is 2. The Labute approximate surface area is 81.1 Å². The summed E-state index contributed by atoms with van der Waals surface area (Å²) in [5.41, 5.74) is 2.95. The zero-order valence-corrected chi connectivity index (χ0v) is 8.69. The van der Waals surface area contributed by atoms with Crippen LogP contribution in [0.5, 0.6) is 0 Å². The fourth-order valence-electron chi connectivity index (χ4n) is 1.54. The van der Waals surface area contributed by atoms with Crippen LogP contribution in [0.1, 0.15) is 19.8 Å². The number of likely N-dealkylation sites (N-methyl/N-ethyl adjacent to an activating group) is 1. The van der Waals surface area contributed by atoms with Gasteiger partial charge in [0.25, 0.3) is 0 Å². The first-order valence-corrected chi connectivity index (χ1v) is 5.04. The Morgan fingerprint density at radius 1 is 1.38 bits per heavy atom. The molecule has 2 heteroatoms. The summed E-state index contributed by atoms with van der Waals surface area (Å²) >= 11 is 0. The zero-order valence-electron chi connectivity index (χ0n) is 8.69. The van der Waals surface area contributed by atoms with E-state index in [1.807, 2.05) is 7.05 Å². The quantitative estimate of drug-likeness (QED) is 0.626. The van der Waals surface area contributed by atoms with Crippen molar-refractivity contribution in [3.63, 3.8) is 0 Å². The van der Waals surface area contributed by atoms with Gasteiger partial charge in [-0.25, -0.2) is 0 Å². The third-order valence-electron chi connectivity index (χ3n) is 2.27. The van der Waals surface area contributed by atoms with E-state index >= 15 is 0 Å². The summed E-state index contributed by atoms with van der Waals surface area (Å²) in [6.07, 6.45) is 7.04. The average Bonchev–Trinajstić information content (AvgIpc) is 2.13. The predicted molar refractivity (Wildman–Crippen MR) is 57.9 cm³/mol. The van der Waals surface area contributed by atoms with Crippen molar-refractivity contribution in [2.45, 2.75) is 19.8 Å². The molecule has 0 atom stereocenters. The Balaban J connectivity index is 2.17. The van der Waals surface area contributed by atoms with E-state index in [1.165, 1.54) is 24.0 Å². The van der Waals surface area contributed by atoms with Gasteiger partial charge in [0.2, 0.25) is 0 Å². The monoisotopic (exact) mass is 180 g/mol. The predicted octanol–water partition coefficient (Wildman–Crippen LogP) is 1.46. The van der Waals surface area contributed by atoms with Crippen LogP contribution in [0.25, 0.3) is 0 Å². The van der Waals surface area contributed by atoms with E-state index in [1.54, 1.807) is 0 Å². The molecule has 0 spiro atoms. The molecule has 0 bridgehead atoms. The van der Waals surface area contributed by atoms with Crippen molar-refractivity contribution in [1.29, 1.82) is 0 Å². The second-order valence-corrected chi connectivity index (χ2v) is 3.57. The van der Waals surface area contributed by atoms with Crippen LogP contribution in [0, 0.1) is 0 Å². The van der Waals surface area contributed by atoms with E-state index in [4.69, 9.17) is 0 Å². The number of rotatable bonds is 5. The molecule has 0 saturated carbocycles. The van der Waals surface area contributed by atoms with Gasteiger partial charge in [-0.1, -0.05) is 23.3 Å². The second kappa shape index (κ2) is 5.95. The standard InChI is InChI=1S/C11H20N2/c1-10-4-3-5-11(8-10)9-13-7-6-12-2/h4,8,12-13H,3,5-7,9H2,1-2H3. The van der Waals surface area contributed by atoms with Gasteiger partial charge < -0.3 is 10.6 Å². The SMILES string of the molecule is CNCCNCC1=CC(C)=CCC1. The van der Waals surface area contributed by atoms with Crippen LogP contribution in [0.2, 0.25) is 0 Å². The molecular formula is C11H20N2. The van der Waals surface area contributed by atoms with Crippen LogP contribution in [-0.4, -0.2) is 26.7 Å². The van der Waals surface area contributed by atoms with Crippen molar-refractivity contribution < 1.29 is 0 Å². The fourth-order valence-corrected chi connectivity index (χ4v) is 1.54. The van der Waals surface area contributed by atoms with Crippen LogP contribution < -0.4 is 10.6 Å². The molecule has 13 heavy (non-hydrogen) atoms. The molecule has 0 fully saturated rings. The molecular weight excluding hydrogens is 160 g/mol. The first kappa shape index (κ1) is 10.5. The lowest BCUT2D eigenvalue weighted by molar-refractivity contribution is 0.668. The average molecular weight is 180 g/mol. The van der Waals surface area contributed by atoms with E-state index in [-0.39, 0.29) is 0 Å². The molecule has 0 radical (unpaired) electrons. The summed E-state index contributed by atoms with van der Waals surface area (Å²) in [6, 6.07) is 0. The maximum Gasteiger partial charge on any atom is 0.0168 e. The first-order chi connectivity index (χ1) is 6.33. The highest BCUT2D eigenvalue weighted by Crippen LogP contribution is 2.15. The molecule has 0 aromatic heterocycles. The number of hydrogen-bond donors (Lipinski definition) is 2. The lowest BCUT2D eigenvalue weighted by Crippen LogP contribution is -2.26. The summed E-state index contributed by atoms with van der Waals surface area (Å²) in [6.45, 7) is 5.32. The lowest BCUT2D eigenvalue weighted by atomic mass is 10.0. The maximum atomic E-state index is 3.42. The Morgan fingerprint density at radius 2 is 2.23 bits per heavy atom. The van der Waals surface area contributed by atoms with Crippen molar-refractivity contribution >= 4 is 0 Å². The van der Waals surface area contributed by atoms with Gasteiger partial charge in [0.15, 0.2) is 0 Å². The minimum absolute atomic E-state index is 1.04. The van der Waals surface area contributed by atoms with Crippen LogP contribution in [-0.2, 0) is 0 Å². The van der Waals surface area contributed by atoms with E-state index in [9.17, 15) is 0 Å². The van der Waals surface area contributed by atoms with Gasteiger partial charge in [-0.05, 0) is 26.8 Å². The zero-order chi connectivity index (χ0) is 9.52. The maximum absolute atomic E-state index is 3.42. The van der Waals surface area contributed by atoms with Crippen molar-refractivity contribution in [3.8, 4) is 0 Å². The minimum Gasteiger partial charge on any atom is -0.318 e. The molecule has 1 aliphatic carbocycles. The number of allylic oxidation sites excluding steroid dienone is 3. The van der Waals surface area contributed by atoms with Crippen molar-refractivity contribution in [1.82, 2.24) is 10.6 Å². The van der Waals surface area contributed by atoms with Gasteiger partial charge in [0.1, 0.15) is 0 Å². The van der Waals surface area contributed by atoms with Gasteiger partial charge >= 0.3 is 0 Å². The Kier molecular flexibility index (Phi) is 4.79. The van der Waals surface area contributed by atoms with E-state index in [0.717, 1.165) is 19.6 Å². The van der Waals surface area contributed by atoms with E-state index in [2.05, 4.69) is 29.7 Å². The molecule has 0 saturated heterocycles. The molecule has 2 N–H and O–H groups in total. The Bertz CT molecular complexity index is 204. The van der Waals surface area contributed by atoms with Crippen LogP contribution >= 0.6 is 0 Å². The fraction of sp³-hybridized carbons (Fsp3) is 0.636. The van der Waals surface area contributed by atoms with Gasteiger partial charge in [-0.15, -0.1) is 0 Å². The van der Waals surface area contributed by atoms with Crippen molar-refractivity contribution in [2.75, 3.05) is 26.7 Å². The van der Waals surface area contributed by atoms with Crippen LogP contribution in [0.4, 0.5) is 0 Å². The van der Waals surface area contributed by atoms with Gasteiger partial charge in [-0.2, -0.15) is 0 Å². The molecule has 0 aromatic carbocycles. The summed E-state index contributed by atoms with van der Waals surface area (Å²) in [5.74, 6) is 0. The van der Waals surface area contributed by atoms with Crippen molar-refractivity contribution in [3.05, 3.63) is 23.3 Å². The van der Waals surface area contributed by atoms with Gasteiger partial charge in [0.05, 0.1) is 0 Å². The smallest absolute Gasteiger partial charge is 0.0168 e. The highest BCUT2D eigenvalue weighted by molar-refractivity contribution is 5.26. The molecule has 0 heterocycles. The summed E-state index contributed by atoms with van der Waals surface area (Å²) in [7, 11) is 1.98. The molecule has 74 valence electrons. The first-order valence-electron chi connectivity index (χ1n) is 5.04. The molecule has 1 rings (SSSR count). The highest BCUT2D eigenvalue weighted by atomic mass is 14.9. The summed E-state index contributed by atoms with van der Waals surface area (Å²) in [5, 5.41) is 6.54. The third kappa shape index (κ3) is 4.25. The minimum atomic E-state index is 1.04. The van der Waals surface area contributed by atoms with Gasteiger partial charge in [-0.3, -0.25) is 0 Å². The van der Waals surface area contributed by atoms with Crippen LogP contribution in [0.3, 0.4) is 0 Å². The molecule has 0 aromatic rings. The second-order valence-electron chi connectivity index (χ2n) is 3.57. The van der Waals surface area contributed by atoms with Gasteiger partial charge in [0, 0.05) is 19.6 Å². The highest BCUT2D eigenvalue weighted by Gasteiger charge is 2.01. The molecule has 2 nitrogen and oxygen atoms in total. The molecule has 0 unspecified atom stereocenters. The van der Waals surface area contributed by atoms with Crippen LogP contribution in [0.15, 0.2) is 23.3 Å². The molecule has 0 aliphatic heterocycles. The largest absolute Gasteiger partial charge is 0.318 e. The normalized spacial score (nSPS) is 16.8. The Hall–Kier alpha value is -0.600. The van der Waals surface area contributed by atoms with E-state index in [0.29, 0.717) is 0 Å². The summed E-state index contributed by atoms with van der Waals surface area (Å²) < 4.78 is 0. The topological polar surface area (TPSA) is 24.1 Å². The third-order valence-corrected chi connectivity index (χ3v) is 2.27. The Morgan fingerprint density at radius 3 is 2.92 bits per heavy atom. The molecule has 1 aliphatic rings. The molecule has 0 amide bonds. The summed E-state index contributed by atoms with van der Waals surface area (Å²) in [4.78, 5) is 0. The number of nitrogens with one attached hydrogen (secondary N) is 2.